The lowest BCUT2D eigenvalue weighted by atomic mass is 10.1. The SMILES string of the molecule is CC(C)(C)OC(=O)NCCOc1ccc(COS(C)(=O)=O)c(COS(C)(=O)=O)c1. The van der Waals surface area contributed by atoms with Crippen molar-refractivity contribution in [2.24, 2.45) is 0 Å². The van der Waals surface area contributed by atoms with Gasteiger partial charge in [-0.05, 0) is 44.0 Å². The standard InChI is InChI=1S/C17H27NO9S2/c1-17(2,3)27-16(19)18-8-9-24-15-7-6-13(11-25-28(4,20)21)14(10-15)12-26-29(5,22)23/h6-7,10H,8-9,11-12H2,1-5H3,(H,18,19). The van der Waals surface area contributed by atoms with Gasteiger partial charge in [-0.25, -0.2) is 4.79 Å². The average molecular weight is 454 g/mol. The van der Waals surface area contributed by atoms with Crippen LogP contribution in [0.1, 0.15) is 31.9 Å². The second kappa shape index (κ2) is 10.2. The number of rotatable bonds is 10. The van der Waals surface area contributed by atoms with E-state index in [1.807, 2.05) is 0 Å². The lowest BCUT2D eigenvalue weighted by Gasteiger charge is -2.19. The topological polar surface area (TPSA) is 134 Å². The second-order valence-electron chi connectivity index (χ2n) is 7.14. The molecule has 0 heterocycles. The number of carbonyl (C=O) groups is 1. The first-order valence-electron chi connectivity index (χ1n) is 8.55. The van der Waals surface area contributed by atoms with E-state index in [1.165, 1.54) is 6.07 Å². The monoisotopic (exact) mass is 453 g/mol. The molecule has 10 nitrogen and oxygen atoms in total. The fourth-order valence-electron chi connectivity index (χ4n) is 1.94. The maximum Gasteiger partial charge on any atom is 0.407 e. The quantitative estimate of drug-likeness (QED) is 0.413. The Hall–Kier alpha value is -1.89. The van der Waals surface area contributed by atoms with Crippen LogP contribution in [0, 0.1) is 0 Å². The molecule has 0 radical (unpaired) electrons. The molecule has 0 aliphatic heterocycles. The molecular formula is C17H27NO9S2. The summed E-state index contributed by atoms with van der Waals surface area (Å²) in [6.45, 7) is 4.97. The van der Waals surface area contributed by atoms with E-state index in [0.717, 1.165) is 12.5 Å². The van der Waals surface area contributed by atoms with Crippen LogP contribution in [0.3, 0.4) is 0 Å². The molecule has 12 heteroatoms. The summed E-state index contributed by atoms with van der Waals surface area (Å²) in [5.41, 5.74) is 0.207. The molecule has 0 spiro atoms. The summed E-state index contributed by atoms with van der Waals surface area (Å²) in [4.78, 5) is 11.6. The van der Waals surface area contributed by atoms with E-state index in [9.17, 15) is 21.6 Å². The Morgan fingerprint density at radius 3 is 2.03 bits per heavy atom. The first kappa shape index (κ1) is 25.1. The van der Waals surface area contributed by atoms with Crippen molar-refractivity contribution in [2.75, 3.05) is 25.7 Å². The largest absolute Gasteiger partial charge is 0.492 e. The van der Waals surface area contributed by atoms with Gasteiger partial charge >= 0.3 is 6.09 Å². The van der Waals surface area contributed by atoms with Crippen LogP contribution in [-0.2, 0) is 46.6 Å². The van der Waals surface area contributed by atoms with Crippen LogP contribution < -0.4 is 10.1 Å². The predicted molar refractivity (Wildman–Crippen MR) is 105 cm³/mol. The van der Waals surface area contributed by atoms with E-state index in [-0.39, 0.29) is 26.4 Å². The van der Waals surface area contributed by atoms with Crippen LogP contribution in [0.2, 0.25) is 0 Å². The van der Waals surface area contributed by atoms with Gasteiger partial charge in [0, 0.05) is 0 Å². The number of ether oxygens (including phenoxy) is 2. The van der Waals surface area contributed by atoms with Crippen LogP contribution in [0.4, 0.5) is 4.79 Å². The summed E-state index contributed by atoms with van der Waals surface area (Å²) >= 11 is 0. The van der Waals surface area contributed by atoms with Crippen molar-refractivity contribution >= 4 is 26.3 Å². The minimum absolute atomic E-state index is 0.130. The number of alkyl carbamates (subject to hydrolysis) is 1. The average Bonchev–Trinajstić information content (AvgIpc) is 2.52. The van der Waals surface area contributed by atoms with Crippen LogP contribution in [0.15, 0.2) is 18.2 Å². The van der Waals surface area contributed by atoms with Crippen molar-refractivity contribution in [2.45, 2.75) is 39.6 Å². The van der Waals surface area contributed by atoms with Crippen molar-refractivity contribution in [1.29, 1.82) is 0 Å². The van der Waals surface area contributed by atoms with Gasteiger partial charge in [-0.15, -0.1) is 0 Å². The fraction of sp³-hybridized carbons (Fsp3) is 0.588. The molecular weight excluding hydrogens is 426 g/mol. The zero-order valence-electron chi connectivity index (χ0n) is 17.1. The van der Waals surface area contributed by atoms with Crippen molar-refractivity contribution in [3.05, 3.63) is 29.3 Å². The molecule has 0 aromatic heterocycles. The molecule has 0 saturated heterocycles. The maximum atomic E-state index is 11.6. The number of carbonyl (C=O) groups excluding carboxylic acids is 1. The van der Waals surface area contributed by atoms with Crippen molar-refractivity contribution < 1.29 is 39.5 Å². The van der Waals surface area contributed by atoms with Gasteiger partial charge in [0.25, 0.3) is 20.2 Å². The molecule has 1 amide bonds. The summed E-state index contributed by atoms with van der Waals surface area (Å²) < 4.78 is 65.1. The number of hydrogen-bond donors (Lipinski definition) is 1. The minimum atomic E-state index is -3.70. The van der Waals surface area contributed by atoms with Gasteiger partial charge in [-0.3, -0.25) is 8.37 Å². The third-order valence-electron chi connectivity index (χ3n) is 3.07. The number of amides is 1. The molecule has 0 saturated carbocycles. The smallest absolute Gasteiger partial charge is 0.407 e. The minimum Gasteiger partial charge on any atom is -0.492 e. The highest BCUT2D eigenvalue weighted by molar-refractivity contribution is 7.86. The Kier molecular flexibility index (Phi) is 8.87. The highest BCUT2D eigenvalue weighted by Gasteiger charge is 2.16. The molecule has 166 valence electrons. The molecule has 0 unspecified atom stereocenters. The summed E-state index contributed by atoms with van der Waals surface area (Å²) in [7, 11) is -7.38. The van der Waals surface area contributed by atoms with Crippen molar-refractivity contribution in [3.8, 4) is 5.75 Å². The molecule has 1 N–H and O–H groups in total. The van der Waals surface area contributed by atoms with Crippen LogP contribution in [-0.4, -0.2) is 54.2 Å². The van der Waals surface area contributed by atoms with Crippen molar-refractivity contribution in [3.63, 3.8) is 0 Å². The first-order chi connectivity index (χ1) is 13.1. The van der Waals surface area contributed by atoms with E-state index in [1.54, 1.807) is 32.9 Å². The molecule has 29 heavy (non-hydrogen) atoms. The van der Waals surface area contributed by atoms with Crippen LogP contribution in [0.25, 0.3) is 0 Å². The molecule has 0 atom stereocenters. The molecule has 1 aromatic carbocycles. The Morgan fingerprint density at radius 2 is 1.52 bits per heavy atom. The van der Waals surface area contributed by atoms with E-state index >= 15 is 0 Å². The zero-order valence-corrected chi connectivity index (χ0v) is 18.7. The highest BCUT2D eigenvalue weighted by Crippen LogP contribution is 2.21. The van der Waals surface area contributed by atoms with Crippen molar-refractivity contribution in [1.82, 2.24) is 5.32 Å². The highest BCUT2D eigenvalue weighted by atomic mass is 32.2. The summed E-state index contributed by atoms with van der Waals surface area (Å²) in [6, 6.07) is 4.63. The van der Waals surface area contributed by atoms with Gasteiger partial charge in [0.15, 0.2) is 0 Å². The number of nitrogens with one attached hydrogen (secondary N) is 1. The third kappa shape index (κ3) is 12.3. The van der Waals surface area contributed by atoms with Crippen LogP contribution >= 0.6 is 0 Å². The van der Waals surface area contributed by atoms with E-state index in [2.05, 4.69) is 5.32 Å². The fourth-order valence-corrected chi connectivity index (χ4v) is 2.63. The molecule has 0 aliphatic carbocycles. The van der Waals surface area contributed by atoms with Gasteiger partial charge in [-0.2, -0.15) is 16.8 Å². The summed E-state index contributed by atoms with van der Waals surface area (Å²) in [5.74, 6) is 0.381. The molecule has 1 aromatic rings. The number of hydrogen-bond acceptors (Lipinski definition) is 9. The first-order valence-corrected chi connectivity index (χ1v) is 12.2. The summed E-state index contributed by atoms with van der Waals surface area (Å²) in [6.07, 6.45) is 1.24. The number of benzene rings is 1. The Labute approximate surface area is 171 Å². The Morgan fingerprint density at radius 1 is 0.966 bits per heavy atom. The van der Waals surface area contributed by atoms with Crippen LogP contribution in [0.5, 0.6) is 5.75 Å². The van der Waals surface area contributed by atoms with E-state index in [0.29, 0.717) is 16.9 Å². The molecule has 1 rings (SSSR count). The zero-order chi connectivity index (χ0) is 22.3. The third-order valence-corrected chi connectivity index (χ3v) is 4.17. The lowest BCUT2D eigenvalue weighted by Crippen LogP contribution is -2.34. The van der Waals surface area contributed by atoms with Gasteiger partial charge < -0.3 is 14.8 Å². The Bertz CT molecular complexity index is 903. The van der Waals surface area contributed by atoms with Gasteiger partial charge in [0.2, 0.25) is 0 Å². The lowest BCUT2D eigenvalue weighted by molar-refractivity contribution is 0.0520. The van der Waals surface area contributed by atoms with E-state index in [4.69, 9.17) is 17.8 Å². The van der Waals surface area contributed by atoms with Gasteiger partial charge in [-0.1, -0.05) is 6.07 Å². The molecule has 0 fully saturated rings. The Balaban J connectivity index is 2.74. The summed E-state index contributed by atoms with van der Waals surface area (Å²) in [5, 5.41) is 2.54. The predicted octanol–water partition coefficient (Wildman–Crippen LogP) is 1.54. The van der Waals surface area contributed by atoms with E-state index < -0.39 is 31.9 Å². The van der Waals surface area contributed by atoms with Gasteiger partial charge in [0.1, 0.15) is 18.0 Å². The normalized spacial score (nSPS) is 12.4. The maximum absolute atomic E-state index is 11.6. The molecule has 0 aliphatic rings. The van der Waals surface area contributed by atoms with Gasteiger partial charge in [0.05, 0.1) is 32.3 Å². The second-order valence-corrected chi connectivity index (χ2v) is 10.4. The molecule has 0 bridgehead atoms.